The van der Waals surface area contributed by atoms with E-state index in [1.807, 2.05) is 0 Å². The highest BCUT2D eigenvalue weighted by molar-refractivity contribution is 5.22. The molecule has 0 radical (unpaired) electrons. The van der Waals surface area contributed by atoms with E-state index in [0.717, 1.165) is 19.5 Å². The Kier molecular flexibility index (Phi) is 2.99. The third-order valence-electron chi connectivity index (χ3n) is 2.44. The molecule has 0 amide bonds. The van der Waals surface area contributed by atoms with Crippen LogP contribution in [0.1, 0.15) is 6.42 Å². The first-order valence-electron chi connectivity index (χ1n) is 4.94. The minimum absolute atomic E-state index is 0.243. The van der Waals surface area contributed by atoms with Crippen molar-refractivity contribution in [3.63, 3.8) is 0 Å². The summed E-state index contributed by atoms with van der Waals surface area (Å²) < 4.78 is 18.3. The normalized spacial score (nSPS) is 21.1. The molecule has 2 rings (SSSR count). The van der Waals surface area contributed by atoms with Crippen LogP contribution in [-0.4, -0.2) is 19.7 Å². The van der Waals surface area contributed by atoms with Gasteiger partial charge in [-0.2, -0.15) is 0 Å². The van der Waals surface area contributed by atoms with Gasteiger partial charge in [0.05, 0.1) is 6.61 Å². The summed E-state index contributed by atoms with van der Waals surface area (Å²) in [5.74, 6) is 0.946. The highest BCUT2D eigenvalue weighted by Crippen LogP contribution is 2.15. The molecule has 1 saturated heterocycles. The number of ether oxygens (including phenoxy) is 1. The first kappa shape index (κ1) is 9.46. The quantitative estimate of drug-likeness (QED) is 0.794. The third-order valence-corrected chi connectivity index (χ3v) is 2.44. The zero-order chi connectivity index (χ0) is 9.80. The predicted molar refractivity (Wildman–Crippen MR) is 52.9 cm³/mol. The summed E-state index contributed by atoms with van der Waals surface area (Å²) in [6.07, 6.45) is 1.15. The number of rotatable bonds is 3. The van der Waals surface area contributed by atoms with Gasteiger partial charge < -0.3 is 10.1 Å². The van der Waals surface area contributed by atoms with Crippen LogP contribution in [0.4, 0.5) is 4.39 Å². The van der Waals surface area contributed by atoms with E-state index in [1.54, 1.807) is 12.1 Å². The molecule has 2 nitrogen and oxygen atoms in total. The molecule has 0 aromatic heterocycles. The van der Waals surface area contributed by atoms with E-state index in [9.17, 15) is 4.39 Å². The van der Waals surface area contributed by atoms with Crippen molar-refractivity contribution in [1.82, 2.24) is 5.32 Å². The van der Waals surface area contributed by atoms with E-state index in [0.29, 0.717) is 18.3 Å². The summed E-state index contributed by atoms with van der Waals surface area (Å²) in [6.45, 7) is 2.75. The summed E-state index contributed by atoms with van der Waals surface area (Å²) in [5.41, 5.74) is 0. The lowest BCUT2D eigenvalue weighted by Crippen LogP contribution is -2.15. The topological polar surface area (TPSA) is 21.3 Å². The molecule has 0 saturated carbocycles. The van der Waals surface area contributed by atoms with Crippen molar-refractivity contribution >= 4 is 0 Å². The minimum atomic E-state index is -0.243. The number of nitrogens with one attached hydrogen (secondary N) is 1. The van der Waals surface area contributed by atoms with Gasteiger partial charge in [-0.05, 0) is 25.1 Å². The Balaban J connectivity index is 1.85. The molecule has 1 atom stereocenters. The standard InChI is InChI=1S/C11H14FNO/c12-10-2-1-3-11(6-10)14-8-9-4-5-13-7-9/h1-3,6,9,13H,4-5,7-8H2/t9-/m1/s1. The van der Waals surface area contributed by atoms with Gasteiger partial charge in [-0.1, -0.05) is 6.07 Å². The first-order valence-corrected chi connectivity index (χ1v) is 4.94. The van der Waals surface area contributed by atoms with Gasteiger partial charge in [0.1, 0.15) is 11.6 Å². The molecular weight excluding hydrogens is 181 g/mol. The Hall–Kier alpha value is -1.09. The van der Waals surface area contributed by atoms with Crippen LogP contribution < -0.4 is 10.1 Å². The van der Waals surface area contributed by atoms with Crippen molar-refractivity contribution in [2.75, 3.05) is 19.7 Å². The zero-order valence-corrected chi connectivity index (χ0v) is 8.00. The number of hydrogen-bond acceptors (Lipinski definition) is 2. The molecule has 3 heteroatoms. The van der Waals surface area contributed by atoms with Crippen LogP contribution in [0.15, 0.2) is 24.3 Å². The molecule has 1 aliphatic heterocycles. The van der Waals surface area contributed by atoms with Crippen molar-refractivity contribution in [3.05, 3.63) is 30.1 Å². The lowest BCUT2D eigenvalue weighted by atomic mass is 10.1. The molecule has 14 heavy (non-hydrogen) atoms. The van der Waals surface area contributed by atoms with Gasteiger partial charge in [-0.3, -0.25) is 0 Å². The van der Waals surface area contributed by atoms with Crippen molar-refractivity contribution in [3.8, 4) is 5.75 Å². The van der Waals surface area contributed by atoms with Gasteiger partial charge in [-0.25, -0.2) is 4.39 Å². The van der Waals surface area contributed by atoms with Crippen LogP contribution >= 0.6 is 0 Å². The van der Waals surface area contributed by atoms with E-state index in [1.165, 1.54) is 12.1 Å². The van der Waals surface area contributed by atoms with E-state index >= 15 is 0 Å². The number of benzene rings is 1. The Morgan fingerprint density at radius 3 is 3.14 bits per heavy atom. The molecule has 0 unspecified atom stereocenters. The summed E-state index contributed by atoms with van der Waals surface area (Å²) in [4.78, 5) is 0. The summed E-state index contributed by atoms with van der Waals surface area (Å²) >= 11 is 0. The maximum Gasteiger partial charge on any atom is 0.126 e. The molecule has 1 fully saturated rings. The Morgan fingerprint density at radius 1 is 1.50 bits per heavy atom. The van der Waals surface area contributed by atoms with Crippen LogP contribution in [0.2, 0.25) is 0 Å². The predicted octanol–water partition coefficient (Wildman–Crippen LogP) is 1.81. The van der Waals surface area contributed by atoms with Crippen LogP contribution in [0.3, 0.4) is 0 Å². The first-order chi connectivity index (χ1) is 6.84. The largest absolute Gasteiger partial charge is 0.493 e. The lowest BCUT2D eigenvalue weighted by molar-refractivity contribution is 0.259. The van der Waals surface area contributed by atoms with E-state index in [2.05, 4.69) is 5.32 Å². The second-order valence-corrected chi connectivity index (χ2v) is 3.63. The summed E-state index contributed by atoms with van der Waals surface area (Å²) in [6, 6.07) is 6.29. The molecule has 1 heterocycles. The van der Waals surface area contributed by atoms with Crippen LogP contribution in [-0.2, 0) is 0 Å². The fourth-order valence-electron chi connectivity index (χ4n) is 1.63. The Labute approximate surface area is 83.1 Å². The van der Waals surface area contributed by atoms with Crippen molar-refractivity contribution in [2.24, 2.45) is 5.92 Å². The SMILES string of the molecule is Fc1cccc(OC[C@@H]2CCNC2)c1. The average molecular weight is 195 g/mol. The average Bonchev–Trinajstić information content (AvgIpc) is 2.67. The summed E-state index contributed by atoms with van der Waals surface area (Å²) in [7, 11) is 0. The van der Waals surface area contributed by atoms with Crippen LogP contribution in [0.25, 0.3) is 0 Å². The Bertz CT molecular complexity index is 297. The molecule has 0 spiro atoms. The maximum atomic E-state index is 12.8. The van der Waals surface area contributed by atoms with E-state index in [-0.39, 0.29) is 5.82 Å². The Morgan fingerprint density at radius 2 is 2.43 bits per heavy atom. The van der Waals surface area contributed by atoms with Gasteiger partial charge in [0.25, 0.3) is 0 Å². The lowest BCUT2D eigenvalue weighted by Gasteiger charge is -2.10. The van der Waals surface area contributed by atoms with Gasteiger partial charge in [0.15, 0.2) is 0 Å². The highest BCUT2D eigenvalue weighted by atomic mass is 19.1. The molecule has 1 aromatic carbocycles. The van der Waals surface area contributed by atoms with Crippen molar-refractivity contribution < 1.29 is 9.13 Å². The van der Waals surface area contributed by atoms with Gasteiger partial charge in [-0.15, -0.1) is 0 Å². The van der Waals surface area contributed by atoms with Gasteiger partial charge in [0, 0.05) is 18.5 Å². The zero-order valence-electron chi connectivity index (χ0n) is 8.00. The fraction of sp³-hybridized carbons (Fsp3) is 0.455. The van der Waals surface area contributed by atoms with E-state index < -0.39 is 0 Å². The monoisotopic (exact) mass is 195 g/mol. The molecule has 1 aromatic rings. The third kappa shape index (κ3) is 2.45. The van der Waals surface area contributed by atoms with Gasteiger partial charge >= 0.3 is 0 Å². The van der Waals surface area contributed by atoms with Gasteiger partial charge in [0.2, 0.25) is 0 Å². The second kappa shape index (κ2) is 4.42. The molecule has 0 bridgehead atoms. The molecule has 1 aliphatic rings. The van der Waals surface area contributed by atoms with Crippen LogP contribution in [0, 0.1) is 11.7 Å². The van der Waals surface area contributed by atoms with Crippen molar-refractivity contribution in [2.45, 2.75) is 6.42 Å². The number of halogens is 1. The molecule has 76 valence electrons. The molecular formula is C11H14FNO. The molecule has 0 aliphatic carbocycles. The second-order valence-electron chi connectivity index (χ2n) is 3.63. The minimum Gasteiger partial charge on any atom is -0.493 e. The van der Waals surface area contributed by atoms with Crippen LogP contribution in [0.5, 0.6) is 5.75 Å². The van der Waals surface area contributed by atoms with E-state index in [4.69, 9.17) is 4.74 Å². The van der Waals surface area contributed by atoms with Crippen molar-refractivity contribution in [1.29, 1.82) is 0 Å². The summed E-state index contributed by atoms with van der Waals surface area (Å²) in [5, 5.41) is 3.27. The number of hydrogen-bond donors (Lipinski definition) is 1. The smallest absolute Gasteiger partial charge is 0.126 e. The fourth-order valence-corrected chi connectivity index (χ4v) is 1.63. The maximum absolute atomic E-state index is 12.8. The highest BCUT2D eigenvalue weighted by Gasteiger charge is 2.14. The molecule has 1 N–H and O–H groups in total.